The number of rotatable bonds is 29. The van der Waals surface area contributed by atoms with E-state index >= 15 is 0 Å². The molecule has 0 fully saturated rings. The lowest BCUT2D eigenvalue weighted by Gasteiger charge is -2.23. The highest BCUT2D eigenvalue weighted by molar-refractivity contribution is 4.81. The van der Waals surface area contributed by atoms with Gasteiger partial charge in [-0.3, -0.25) is 0 Å². The van der Waals surface area contributed by atoms with E-state index in [0.717, 1.165) is 14.2 Å². The number of aliphatic hydroxyl groups excluding tert-OH is 1. The van der Waals surface area contributed by atoms with E-state index in [1.165, 1.54) is 0 Å². The molecule has 28 heteroatoms. The second-order valence-corrected chi connectivity index (χ2v) is 3.88. The number of hydrogen-bond donors (Lipinski definition) is 2. The van der Waals surface area contributed by atoms with Crippen LogP contribution in [-0.4, -0.2) is 44.7 Å². The number of hydrogen-bond acceptors (Lipinski definition) is 28. The lowest BCUT2D eigenvalue weighted by Crippen LogP contribution is -2.52. The molecule has 0 aliphatic heterocycles. The van der Waals surface area contributed by atoms with Crippen LogP contribution in [0.15, 0.2) is 316 Å². The van der Waals surface area contributed by atoms with Gasteiger partial charge in [0.05, 0.1) is 26.4 Å². The van der Waals surface area contributed by atoms with Crippen molar-refractivity contribution in [2.45, 2.75) is 5.54 Å². The molecule has 0 rings (SSSR count). The molecular weight excluding hydrogens is 1090 g/mol. The Kier molecular flexibility index (Phi) is 1020. The molecule has 3 N–H and O–H groups in total. The maximum atomic E-state index is 9.19. The summed E-state index contributed by atoms with van der Waals surface area (Å²) in [6.45, 7) is 142. The zero-order valence-corrected chi connectivity index (χ0v) is 50.2. The van der Waals surface area contributed by atoms with Crippen molar-refractivity contribution >= 4 is 0 Å². The van der Waals surface area contributed by atoms with Crippen molar-refractivity contribution in [1.29, 1.82) is 0 Å². The Hall–Kier alpha value is -7.36. The molecule has 28 nitrogen and oxygen atoms in total. The summed E-state index contributed by atoms with van der Waals surface area (Å²) >= 11 is 0. The SMILES string of the molecule is C=C.C=C.C=C.C=C.C=C.C=C.C=C.C=C.C=C.C=C.C=C.C=C.C=C.C=C.C=C.C=C.C=C.C=C.C=C.C=C.C=C.C=C.C=C.C=C.COOOOOOOOOOOOOCC(N)(CO)COOOOOOOOOOOOOC. The molecule has 0 aromatic heterocycles. The lowest BCUT2D eigenvalue weighted by molar-refractivity contribution is -0.870. The molecular formula is C54H111NO27. The summed E-state index contributed by atoms with van der Waals surface area (Å²) in [5, 5.41) is 90.0. The average molecular weight is 1210 g/mol. The normalized spacial score (nSPS) is 6.15. The van der Waals surface area contributed by atoms with Crippen molar-refractivity contribution in [2.24, 2.45) is 5.73 Å². The molecule has 0 spiro atoms. The quantitative estimate of drug-likeness (QED) is 0.0304. The topological polar surface area (TPSA) is 286 Å². The van der Waals surface area contributed by atoms with Crippen LogP contribution < -0.4 is 5.73 Å². The van der Waals surface area contributed by atoms with E-state index in [0.29, 0.717) is 0 Å². The van der Waals surface area contributed by atoms with Gasteiger partial charge in [-0.2, -0.15) is 0 Å². The van der Waals surface area contributed by atoms with Crippen LogP contribution in [0.2, 0.25) is 0 Å². The maximum absolute atomic E-state index is 9.19. The molecule has 0 saturated heterocycles. The first-order chi connectivity index (χ1) is 40.7. The molecule has 0 atom stereocenters. The third kappa shape index (κ3) is 488. The van der Waals surface area contributed by atoms with E-state index < -0.39 is 25.4 Å². The van der Waals surface area contributed by atoms with Crippen molar-refractivity contribution in [3.63, 3.8) is 0 Å². The van der Waals surface area contributed by atoms with Crippen molar-refractivity contribution in [3.8, 4) is 0 Å². The smallest absolute Gasteiger partial charge is 0.108 e. The first-order valence-electron chi connectivity index (χ1n) is 19.1. The van der Waals surface area contributed by atoms with Crippen LogP contribution in [0.3, 0.4) is 0 Å². The molecule has 0 radical (unpaired) electrons. The summed E-state index contributed by atoms with van der Waals surface area (Å²) in [5.74, 6) is 0. The summed E-state index contributed by atoms with van der Waals surface area (Å²) in [6.07, 6.45) is 0. The summed E-state index contributed by atoms with van der Waals surface area (Å²) < 4.78 is 0. The van der Waals surface area contributed by atoms with E-state index in [1.807, 2.05) is 0 Å². The Labute approximate surface area is 495 Å². The minimum Gasteiger partial charge on any atom is -0.394 e. The van der Waals surface area contributed by atoms with Gasteiger partial charge in [0.2, 0.25) is 0 Å². The van der Waals surface area contributed by atoms with Gasteiger partial charge in [-0.15, -0.1) is 316 Å². The fourth-order valence-electron chi connectivity index (χ4n) is 0.715. The Morgan fingerprint density at radius 3 is 0.402 bits per heavy atom. The molecule has 0 aromatic carbocycles. The molecule has 0 aliphatic rings. The Morgan fingerprint density at radius 1 is 0.207 bits per heavy atom. The molecule has 0 saturated carbocycles. The number of aliphatic hydroxyl groups is 1. The van der Waals surface area contributed by atoms with Gasteiger partial charge in [-0.1, -0.05) is 0 Å². The predicted molar refractivity (Wildman–Crippen MR) is 334 cm³/mol. The molecule has 0 heterocycles. The second-order valence-electron chi connectivity index (χ2n) is 3.88. The van der Waals surface area contributed by atoms with Crippen LogP contribution in [0, 0.1) is 0 Å². The fourth-order valence-corrected chi connectivity index (χ4v) is 0.715. The maximum Gasteiger partial charge on any atom is 0.108 e. The van der Waals surface area contributed by atoms with Gasteiger partial charge in [0.15, 0.2) is 0 Å². The van der Waals surface area contributed by atoms with Crippen molar-refractivity contribution < 1.29 is 135 Å². The van der Waals surface area contributed by atoms with Gasteiger partial charge in [-0.25, -0.2) is 19.6 Å². The van der Waals surface area contributed by atoms with Crippen molar-refractivity contribution in [1.82, 2.24) is 0 Å². The predicted octanol–water partition coefficient (Wildman–Crippen LogP) is 16.6. The third-order valence-electron chi connectivity index (χ3n) is 1.80. The van der Waals surface area contributed by atoms with E-state index in [1.54, 1.807) is 0 Å². The van der Waals surface area contributed by atoms with Gasteiger partial charge in [0.1, 0.15) is 13.2 Å². The molecule has 494 valence electrons. The standard InChI is InChI=1S/C6H15NO27.24C2H4/c1-9-13-17-21-25-29-33-31-27-23-19-15-11-4-6(7,3-8)5-12-16-20-24-28-32-34-30-26-22-18-14-10-2;24*1-2/h8H,3-5,7H2,1-2H3;24*1-2H2. The fraction of sp³-hybridized carbons (Fsp3) is 0.111. The molecule has 82 heavy (non-hydrogen) atoms. The van der Waals surface area contributed by atoms with Gasteiger partial charge < -0.3 is 10.8 Å². The van der Waals surface area contributed by atoms with Crippen LogP contribution in [0.5, 0.6) is 0 Å². The Balaban J connectivity index is -0.0000000245. The number of nitrogens with two attached hydrogens (primary N) is 1. The molecule has 0 unspecified atom stereocenters. The largest absolute Gasteiger partial charge is 0.394 e. The van der Waals surface area contributed by atoms with Crippen molar-refractivity contribution in [3.05, 3.63) is 316 Å². The lowest BCUT2D eigenvalue weighted by atomic mass is 10.1. The summed E-state index contributed by atoms with van der Waals surface area (Å²) in [7, 11) is 2.18. The van der Waals surface area contributed by atoms with Gasteiger partial charge in [0, 0.05) is 0 Å². The first-order valence-corrected chi connectivity index (χ1v) is 19.1. The zero-order chi connectivity index (χ0) is 73.0. The van der Waals surface area contributed by atoms with Crippen LogP contribution in [0.1, 0.15) is 0 Å². The molecule has 0 amide bonds. The van der Waals surface area contributed by atoms with E-state index in [9.17, 15) is 5.11 Å². The zero-order valence-electron chi connectivity index (χ0n) is 50.2. The van der Waals surface area contributed by atoms with Gasteiger partial charge in [-0.05, 0) is 111 Å². The van der Waals surface area contributed by atoms with E-state index in [2.05, 4.69) is 446 Å². The van der Waals surface area contributed by atoms with E-state index in [4.69, 9.17) is 5.73 Å². The van der Waals surface area contributed by atoms with Gasteiger partial charge >= 0.3 is 0 Å². The van der Waals surface area contributed by atoms with Gasteiger partial charge in [0.25, 0.3) is 0 Å². The highest BCUT2D eigenvalue weighted by Gasteiger charge is 2.27. The minimum absolute atomic E-state index is 0.599. The van der Waals surface area contributed by atoms with Crippen LogP contribution in [0.25, 0.3) is 0 Å². The molecule has 0 aromatic rings. The summed E-state index contributed by atoms with van der Waals surface area (Å²) in [6, 6.07) is 0. The minimum atomic E-state index is -1.65. The summed E-state index contributed by atoms with van der Waals surface area (Å²) in [4.78, 5) is 16.6. The highest BCUT2D eigenvalue weighted by atomic mass is 18.0. The molecule has 0 aliphatic carbocycles. The first kappa shape index (κ1) is 164. The molecule has 0 bridgehead atoms. The Morgan fingerprint density at radius 2 is 0.305 bits per heavy atom. The average Bonchev–Trinajstić information content (AvgIpc) is 3.63. The monoisotopic (exact) mass is 1210 g/mol. The van der Waals surface area contributed by atoms with Crippen LogP contribution >= 0.6 is 0 Å². The van der Waals surface area contributed by atoms with E-state index in [-0.39, 0.29) is 0 Å². The second kappa shape index (κ2) is 509. The van der Waals surface area contributed by atoms with Crippen molar-refractivity contribution in [2.75, 3.05) is 34.0 Å². The summed E-state index contributed by atoms with van der Waals surface area (Å²) in [5.41, 5.74) is 3.99. The Bertz CT molecular complexity index is 634. The highest BCUT2D eigenvalue weighted by Crippen LogP contribution is 2.04. The third-order valence-corrected chi connectivity index (χ3v) is 1.80. The van der Waals surface area contributed by atoms with Crippen LogP contribution in [0.4, 0.5) is 0 Å². The van der Waals surface area contributed by atoms with Crippen LogP contribution in [-0.2, 0) is 130 Å².